The number of H-pyrrole nitrogens is 1. The molecule has 0 radical (unpaired) electrons. The predicted octanol–water partition coefficient (Wildman–Crippen LogP) is 3.26. The van der Waals surface area contributed by atoms with E-state index in [0.717, 1.165) is 11.6 Å². The van der Waals surface area contributed by atoms with E-state index in [0.29, 0.717) is 5.69 Å². The minimum absolute atomic E-state index is 0.0319. The average molecular weight is 354 g/mol. The van der Waals surface area contributed by atoms with Crippen molar-refractivity contribution in [3.8, 4) is 17.0 Å². The van der Waals surface area contributed by atoms with E-state index >= 15 is 0 Å². The third kappa shape index (κ3) is 3.77. The van der Waals surface area contributed by atoms with Crippen LogP contribution in [0.3, 0.4) is 0 Å². The quantitative estimate of drug-likeness (QED) is 0.543. The van der Waals surface area contributed by atoms with Crippen LogP contribution in [0.2, 0.25) is 0 Å². The molecule has 1 heterocycles. The number of carbonyl (C=O) groups is 2. The van der Waals surface area contributed by atoms with Gasteiger partial charge >= 0.3 is 5.97 Å². The second-order valence-electron chi connectivity index (χ2n) is 5.38. The number of aromatic nitrogens is 2. The number of nitrogens with one attached hydrogen (secondary N) is 1. The van der Waals surface area contributed by atoms with Crippen LogP contribution in [-0.2, 0) is 4.74 Å². The number of ether oxygens (including phenoxy) is 2. The number of benzene rings is 2. The summed E-state index contributed by atoms with van der Waals surface area (Å²) in [5, 5.41) is 6.63. The van der Waals surface area contributed by atoms with E-state index in [4.69, 9.17) is 9.47 Å². The molecule has 0 aliphatic rings. The van der Waals surface area contributed by atoms with Crippen molar-refractivity contribution in [3.05, 3.63) is 71.7 Å². The summed E-state index contributed by atoms with van der Waals surface area (Å²) in [6, 6.07) is 14.6. The van der Waals surface area contributed by atoms with Crippen LogP contribution in [-0.4, -0.2) is 35.7 Å². The molecule has 132 valence electrons. The highest BCUT2D eigenvalue weighted by Crippen LogP contribution is 2.19. The first-order valence-electron chi connectivity index (χ1n) is 7.73. The molecular formula is C19H15FN2O4. The van der Waals surface area contributed by atoms with E-state index in [2.05, 4.69) is 10.2 Å². The number of halogens is 1. The van der Waals surface area contributed by atoms with Gasteiger partial charge in [-0.05, 0) is 24.3 Å². The molecule has 3 rings (SSSR count). The van der Waals surface area contributed by atoms with E-state index in [-0.39, 0.29) is 17.0 Å². The first-order chi connectivity index (χ1) is 12.6. The fourth-order valence-electron chi connectivity index (χ4n) is 2.32. The van der Waals surface area contributed by atoms with Crippen LogP contribution in [0.5, 0.6) is 5.75 Å². The van der Waals surface area contributed by atoms with Crippen LogP contribution in [0.25, 0.3) is 11.3 Å². The van der Waals surface area contributed by atoms with E-state index in [1.807, 2.05) is 30.3 Å². The molecule has 2 aromatic carbocycles. The SMILES string of the molecule is COc1ccc(C(=O)COC(=O)c2cc(-c3ccccc3)n[nH]2)cc1F. The topological polar surface area (TPSA) is 81.3 Å². The Morgan fingerprint density at radius 3 is 2.58 bits per heavy atom. The van der Waals surface area contributed by atoms with Crippen molar-refractivity contribution < 1.29 is 23.5 Å². The Morgan fingerprint density at radius 1 is 1.12 bits per heavy atom. The molecular weight excluding hydrogens is 339 g/mol. The highest BCUT2D eigenvalue weighted by atomic mass is 19.1. The maximum Gasteiger partial charge on any atom is 0.356 e. The van der Waals surface area contributed by atoms with Gasteiger partial charge in [0.05, 0.1) is 12.8 Å². The van der Waals surface area contributed by atoms with Crippen LogP contribution in [0.4, 0.5) is 4.39 Å². The molecule has 1 N–H and O–H groups in total. The molecule has 0 unspecified atom stereocenters. The van der Waals surface area contributed by atoms with Crippen molar-refractivity contribution >= 4 is 11.8 Å². The highest BCUT2D eigenvalue weighted by Gasteiger charge is 2.16. The van der Waals surface area contributed by atoms with Gasteiger partial charge in [0.25, 0.3) is 0 Å². The highest BCUT2D eigenvalue weighted by molar-refractivity contribution is 5.99. The standard InChI is InChI=1S/C19H15FN2O4/c1-25-18-8-7-13(9-14(18)20)17(23)11-26-19(24)16-10-15(21-22-16)12-5-3-2-4-6-12/h2-10H,11H2,1H3,(H,21,22). The first-order valence-corrected chi connectivity index (χ1v) is 7.73. The molecule has 0 spiro atoms. The Balaban J connectivity index is 1.63. The molecule has 0 saturated carbocycles. The molecule has 0 aliphatic carbocycles. The number of nitrogens with zero attached hydrogens (tertiary/aromatic N) is 1. The van der Waals surface area contributed by atoms with Crippen LogP contribution >= 0.6 is 0 Å². The van der Waals surface area contributed by atoms with E-state index in [1.54, 1.807) is 0 Å². The molecule has 26 heavy (non-hydrogen) atoms. The molecule has 3 aromatic rings. The summed E-state index contributed by atoms with van der Waals surface area (Å²) in [5.41, 5.74) is 1.64. The normalized spacial score (nSPS) is 10.4. The third-order valence-corrected chi connectivity index (χ3v) is 3.68. The number of hydrogen-bond donors (Lipinski definition) is 1. The Hall–Kier alpha value is -3.48. The minimum atomic E-state index is -0.720. The zero-order chi connectivity index (χ0) is 18.5. The fraction of sp³-hybridized carbons (Fsp3) is 0.105. The maximum atomic E-state index is 13.6. The average Bonchev–Trinajstić information content (AvgIpc) is 3.17. The van der Waals surface area contributed by atoms with Gasteiger partial charge in [0.2, 0.25) is 0 Å². The lowest BCUT2D eigenvalue weighted by atomic mass is 10.1. The Labute approximate surface area is 148 Å². The van der Waals surface area contributed by atoms with Crippen LogP contribution < -0.4 is 4.74 Å². The molecule has 7 heteroatoms. The van der Waals surface area contributed by atoms with Crippen LogP contribution in [0.15, 0.2) is 54.6 Å². The smallest absolute Gasteiger partial charge is 0.356 e. The molecule has 0 aliphatic heterocycles. The second kappa shape index (κ2) is 7.60. The molecule has 0 amide bonds. The van der Waals surface area contributed by atoms with Gasteiger partial charge in [-0.3, -0.25) is 9.89 Å². The van der Waals surface area contributed by atoms with Crippen molar-refractivity contribution in [2.24, 2.45) is 0 Å². The molecule has 0 fully saturated rings. The summed E-state index contributed by atoms with van der Waals surface area (Å²) >= 11 is 0. The van der Waals surface area contributed by atoms with Crippen molar-refractivity contribution in [2.45, 2.75) is 0 Å². The lowest BCUT2D eigenvalue weighted by Crippen LogP contribution is -2.14. The maximum absolute atomic E-state index is 13.6. The molecule has 0 atom stereocenters. The van der Waals surface area contributed by atoms with Crippen LogP contribution in [0, 0.1) is 5.82 Å². The number of rotatable bonds is 6. The van der Waals surface area contributed by atoms with Crippen molar-refractivity contribution in [2.75, 3.05) is 13.7 Å². The second-order valence-corrected chi connectivity index (χ2v) is 5.38. The van der Waals surface area contributed by atoms with Gasteiger partial charge in [-0.15, -0.1) is 0 Å². The lowest BCUT2D eigenvalue weighted by molar-refractivity contribution is 0.0469. The predicted molar refractivity (Wildman–Crippen MR) is 91.6 cm³/mol. The number of aromatic amines is 1. The lowest BCUT2D eigenvalue weighted by Gasteiger charge is -2.05. The van der Waals surface area contributed by atoms with Crippen LogP contribution in [0.1, 0.15) is 20.8 Å². The fourth-order valence-corrected chi connectivity index (χ4v) is 2.32. The van der Waals surface area contributed by atoms with Gasteiger partial charge in [0, 0.05) is 11.1 Å². The summed E-state index contributed by atoms with van der Waals surface area (Å²) < 4.78 is 23.4. The summed E-state index contributed by atoms with van der Waals surface area (Å²) in [4.78, 5) is 24.1. The Morgan fingerprint density at radius 2 is 1.88 bits per heavy atom. The molecule has 1 aromatic heterocycles. The number of carbonyl (C=O) groups excluding carboxylic acids is 2. The van der Waals surface area contributed by atoms with Crippen molar-refractivity contribution in [1.29, 1.82) is 0 Å². The van der Waals surface area contributed by atoms with Gasteiger partial charge < -0.3 is 9.47 Å². The van der Waals surface area contributed by atoms with E-state index < -0.39 is 24.2 Å². The molecule has 0 saturated heterocycles. The van der Waals surface area contributed by atoms with Gasteiger partial charge in [0.15, 0.2) is 24.0 Å². The van der Waals surface area contributed by atoms with Gasteiger partial charge in [-0.2, -0.15) is 5.10 Å². The van der Waals surface area contributed by atoms with Gasteiger partial charge in [0.1, 0.15) is 5.69 Å². The zero-order valence-electron chi connectivity index (χ0n) is 13.9. The zero-order valence-corrected chi connectivity index (χ0v) is 13.9. The summed E-state index contributed by atoms with van der Waals surface area (Å²) in [6.45, 7) is -0.510. The summed E-state index contributed by atoms with van der Waals surface area (Å²) in [6.07, 6.45) is 0. The van der Waals surface area contributed by atoms with Crippen molar-refractivity contribution in [3.63, 3.8) is 0 Å². The number of methoxy groups -OCH3 is 1. The first kappa shape index (κ1) is 17.3. The summed E-state index contributed by atoms with van der Waals surface area (Å²) in [7, 11) is 1.33. The van der Waals surface area contributed by atoms with Gasteiger partial charge in [-0.25, -0.2) is 9.18 Å². The monoisotopic (exact) mass is 354 g/mol. The number of hydrogen-bond acceptors (Lipinski definition) is 5. The van der Waals surface area contributed by atoms with E-state index in [1.165, 1.54) is 25.3 Å². The number of ketones is 1. The number of Topliss-reactive ketones (excluding diaryl/α,β-unsaturated/α-hetero) is 1. The largest absolute Gasteiger partial charge is 0.494 e. The third-order valence-electron chi connectivity index (χ3n) is 3.68. The minimum Gasteiger partial charge on any atom is -0.494 e. The molecule has 6 nitrogen and oxygen atoms in total. The Kier molecular flexibility index (Phi) is 5.07. The molecule has 0 bridgehead atoms. The number of esters is 1. The summed E-state index contributed by atoms with van der Waals surface area (Å²) in [5.74, 6) is -1.88. The van der Waals surface area contributed by atoms with Crippen molar-refractivity contribution in [1.82, 2.24) is 10.2 Å². The van der Waals surface area contributed by atoms with E-state index in [9.17, 15) is 14.0 Å². The Bertz CT molecular complexity index is 938. The van der Waals surface area contributed by atoms with Gasteiger partial charge in [-0.1, -0.05) is 30.3 Å².